The number of aromatic nitrogens is 2. The molecule has 1 aromatic heterocycles. The number of nitrogens with zero attached hydrogens (tertiary/aromatic N) is 2. The fourth-order valence-electron chi connectivity index (χ4n) is 3.38. The Kier molecular flexibility index (Phi) is 5.52. The van der Waals surface area contributed by atoms with E-state index in [1.807, 2.05) is 25.1 Å². The average molecular weight is 462 g/mol. The molecule has 0 radical (unpaired) electrons. The van der Waals surface area contributed by atoms with Gasteiger partial charge in [-0.3, -0.25) is 5.10 Å². The first kappa shape index (κ1) is 20.4. The first-order chi connectivity index (χ1) is 14.4. The van der Waals surface area contributed by atoms with E-state index >= 15 is 0 Å². The van der Waals surface area contributed by atoms with Crippen molar-refractivity contribution >= 4 is 34.8 Å². The molecule has 0 amide bonds. The Morgan fingerprint density at radius 3 is 2.57 bits per heavy atom. The van der Waals surface area contributed by atoms with Gasteiger partial charge in [-0.15, -0.1) is 5.10 Å². The molecule has 9 heteroatoms. The molecule has 2 aromatic carbocycles. The minimum Gasteiger partial charge on any atom is -0.486 e. The van der Waals surface area contributed by atoms with E-state index < -0.39 is 5.92 Å². The summed E-state index contributed by atoms with van der Waals surface area (Å²) < 4.78 is 11.3. The molecule has 0 aliphatic carbocycles. The maximum atomic E-state index is 9.67. The van der Waals surface area contributed by atoms with Crippen LogP contribution < -0.4 is 15.2 Å². The van der Waals surface area contributed by atoms with Crippen molar-refractivity contribution in [2.75, 3.05) is 0 Å². The molecule has 0 saturated carbocycles. The Balaban J connectivity index is 1.72. The Morgan fingerprint density at radius 2 is 1.90 bits per heavy atom. The van der Waals surface area contributed by atoms with E-state index in [2.05, 4.69) is 16.3 Å². The van der Waals surface area contributed by atoms with Crippen LogP contribution in [0.3, 0.4) is 0 Å². The van der Waals surface area contributed by atoms with Crippen molar-refractivity contribution in [1.82, 2.24) is 10.2 Å². The number of halogens is 3. The number of hydrogen-bond acceptors (Lipinski definition) is 5. The number of nitrogens with one attached hydrogen (secondary N) is 1. The number of rotatable bonds is 4. The van der Waals surface area contributed by atoms with Crippen LogP contribution in [0.15, 0.2) is 47.9 Å². The van der Waals surface area contributed by atoms with Gasteiger partial charge in [0.2, 0.25) is 11.8 Å². The second kappa shape index (κ2) is 8.11. The Labute approximate surface area is 187 Å². The highest BCUT2D eigenvalue weighted by Crippen LogP contribution is 2.45. The summed E-state index contributed by atoms with van der Waals surface area (Å²) in [6, 6.07) is 12.9. The first-order valence-electron chi connectivity index (χ1n) is 8.88. The van der Waals surface area contributed by atoms with Gasteiger partial charge >= 0.3 is 0 Å². The number of ether oxygens (including phenoxy) is 2. The number of hydrogen-bond donors (Lipinski definition) is 2. The van der Waals surface area contributed by atoms with E-state index in [-0.39, 0.29) is 18.1 Å². The highest BCUT2D eigenvalue weighted by molar-refractivity contribution is 6.37. The van der Waals surface area contributed by atoms with Crippen LogP contribution in [-0.2, 0) is 6.61 Å². The molecule has 0 bridgehead atoms. The number of nitrogens with two attached hydrogens (primary N) is 1. The molecule has 0 saturated heterocycles. The number of aryl methyl sites for hydroxylation is 1. The van der Waals surface area contributed by atoms with E-state index in [0.29, 0.717) is 37.8 Å². The third-order valence-corrected chi connectivity index (χ3v) is 5.74. The highest BCUT2D eigenvalue weighted by Gasteiger charge is 2.35. The van der Waals surface area contributed by atoms with Gasteiger partial charge in [0.1, 0.15) is 18.2 Å². The minimum absolute atomic E-state index is 0.00668. The second-order valence-electron chi connectivity index (χ2n) is 6.69. The van der Waals surface area contributed by atoms with E-state index in [4.69, 9.17) is 50.0 Å². The van der Waals surface area contributed by atoms with Gasteiger partial charge < -0.3 is 15.2 Å². The molecule has 30 heavy (non-hydrogen) atoms. The molecule has 6 nitrogen and oxygen atoms in total. The third kappa shape index (κ3) is 3.56. The van der Waals surface area contributed by atoms with Crippen LogP contribution in [0, 0.1) is 18.3 Å². The van der Waals surface area contributed by atoms with E-state index in [1.54, 1.807) is 18.2 Å². The van der Waals surface area contributed by atoms with Gasteiger partial charge in [0.15, 0.2) is 5.75 Å². The van der Waals surface area contributed by atoms with Crippen molar-refractivity contribution < 1.29 is 9.47 Å². The van der Waals surface area contributed by atoms with Crippen LogP contribution in [0.25, 0.3) is 0 Å². The molecule has 2 heterocycles. The minimum atomic E-state index is -0.523. The summed E-state index contributed by atoms with van der Waals surface area (Å²) in [7, 11) is 0. The average Bonchev–Trinajstić information content (AvgIpc) is 3.07. The van der Waals surface area contributed by atoms with Crippen LogP contribution in [-0.4, -0.2) is 10.2 Å². The van der Waals surface area contributed by atoms with Crippen molar-refractivity contribution in [3.8, 4) is 17.7 Å². The van der Waals surface area contributed by atoms with Crippen LogP contribution >= 0.6 is 34.8 Å². The largest absolute Gasteiger partial charge is 0.486 e. The lowest BCUT2D eigenvalue weighted by Crippen LogP contribution is -2.21. The quantitative estimate of drug-likeness (QED) is 0.536. The van der Waals surface area contributed by atoms with Gasteiger partial charge in [-0.05, 0) is 30.7 Å². The van der Waals surface area contributed by atoms with Crippen LogP contribution in [0.2, 0.25) is 15.1 Å². The summed E-state index contributed by atoms with van der Waals surface area (Å²) in [5, 5.41) is 17.8. The van der Waals surface area contributed by atoms with E-state index in [9.17, 15) is 5.26 Å². The smallest absolute Gasteiger partial charge is 0.244 e. The molecular weight excluding hydrogens is 447 g/mol. The van der Waals surface area contributed by atoms with Gasteiger partial charge in [-0.1, -0.05) is 53.0 Å². The van der Waals surface area contributed by atoms with Gasteiger partial charge in [0, 0.05) is 21.8 Å². The zero-order chi connectivity index (χ0) is 21.4. The Bertz CT molecular complexity index is 1190. The molecule has 3 aromatic rings. The monoisotopic (exact) mass is 460 g/mol. The predicted molar refractivity (Wildman–Crippen MR) is 115 cm³/mol. The zero-order valence-electron chi connectivity index (χ0n) is 15.7. The second-order valence-corrected chi connectivity index (χ2v) is 7.91. The van der Waals surface area contributed by atoms with Crippen molar-refractivity contribution in [2.24, 2.45) is 5.73 Å². The molecule has 0 fully saturated rings. The lowest BCUT2D eigenvalue weighted by molar-refractivity contribution is 0.306. The van der Waals surface area contributed by atoms with E-state index in [0.717, 1.165) is 11.3 Å². The first-order valence-corrected chi connectivity index (χ1v) is 10.0. The molecule has 1 atom stereocenters. The third-order valence-electron chi connectivity index (χ3n) is 4.81. The molecule has 0 spiro atoms. The Morgan fingerprint density at radius 1 is 1.20 bits per heavy atom. The zero-order valence-corrected chi connectivity index (χ0v) is 17.9. The summed E-state index contributed by atoms with van der Waals surface area (Å²) in [6.07, 6.45) is 0. The van der Waals surface area contributed by atoms with Crippen LogP contribution in [0.5, 0.6) is 11.6 Å². The summed E-state index contributed by atoms with van der Waals surface area (Å²) >= 11 is 19.2. The van der Waals surface area contributed by atoms with E-state index in [1.165, 1.54) is 0 Å². The summed E-state index contributed by atoms with van der Waals surface area (Å²) in [5.74, 6) is 0.117. The van der Waals surface area contributed by atoms with Gasteiger partial charge in [0.05, 0.1) is 16.0 Å². The molecular formula is C21H15Cl3N4O2. The summed E-state index contributed by atoms with van der Waals surface area (Å²) in [6.45, 7) is 2.04. The summed E-state index contributed by atoms with van der Waals surface area (Å²) in [5.41, 5.74) is 9.14. The Hall–Kier alpha value is -2.85. The standard InChI is InChI=1S/C21H15Cl3N4O2/c1-10-17-18(13(8-25)20(26)30-21(17)28-27-10)12-6-15(23)19(16(24)7-12)29-9-11-4-2-3-5-14(11)22/h2-7,18H,9,26H2,1H3,(H,27,28)/t18-/m1/s1. The van der Waals surface area contributed by atoms with Gasteiger partial charge in [-0.25, -0.2) is 0 Å². The SMILES string of the molecule is Cc1[nH]nc2c1[C@H](c1cc(Cl)c(OCc3ccccc3Cl)c(Cl)c1)C(C#N)=C(N)O2. The van der Waals surface area contributed by atoms with Crippen molar-refractivity contribution in [3.63, 3.8) is 0 Å². The molecule has 1 aliphatic heterocycles. The van der Waals surface area contributed by atoms with Crippen molar-refractivity contribution in [2.45, 2.75) is 19.4 Å². The molecule has 1 aliphatic rings. The van der Waals surface area contributed by atoms with Crippen molar-refractivity contribution in [3.05, 3.63) is 85.3 Å². The molecule has 152 valence electrons. The fourth-order valence-corrected chi connectivity index (χ4v) is 4.18. The molecule has 3 N–H and O–H groups in total. The van der Waals surface area contributed by atoms with Crippen molar-refractivity contribution in [1.29, 1.82) is 5.26 Å². The molecule has 0 unspecified atom stereocenters. The number of H-pyrrole nitrogens is 1. The lowest BCUT2D eigenvalue weighted by atomic mass is 9.84. The molecule has 4 rings (SSSR count). The topological polar surface area (TPSA) is 97.0 Å². The maximum Gasteiger partial charge on any atom is 0.244 e. The predicted octanol–water partition coefficient (Wildman–Crippen LogP) is 5.48. The normalized spacial score (nSPS) is 15.4. The maximum absolute atomic E-state index is 9.67. The number of aromatic amines is 1. The van der Waals surface area contributed by atoms with Crippen LogP contribution in [0.4, 0.5) is 0 Å². The summed E-state index contributed by atoms with van der Waals surface area (Å²) in [4.78, 5) is 0. The number of nitriles is 1. The fraction of sp³-hybridized carbons (Fsp3) is 0.143. The van der Waals surface area contributed by atoms with Gasteiger partial charge in [0.25, 0.3) is 0 Å². The number of fused-ring (bicyclic) bond motifs is 1. The number of benzene rings is 2. The number of allylic oxidation sites excluding steroid dienone is 1. The van der Waals surface area contributed by atoms with Crippen LogP contribution in [0.1, 0.15) is 28.3 Å². The van der Waals surface area contributed by atoms with Gasteiger partial charge in [-0.2, -0.15) is 5.26 Å². The highest BCUT2D eigenvalue weighted by atomic mass is 35.5. The lowest BCUT2D eigenvalue weighted by Gasteiger charge is -2.24.